The number of benzene rings is 1. The van der Waals surface area contributed by atoms with Gasteiger partial charge in [0.25, 0.3) is 5.91 Å². The van der Waals surface area contributed by atoms with Crippen molar-refractivity contribution in [2.75, 3.05) is 4.72 Å². The van der Waals surface area contributed by atoms with Crippen molar-refractivity contribution in [3.63, 3.8) is 0 Å². The molecule has 0 saturated heterocycles. The number of amides is 1. The van der Waals surface area contributed by atoms with Gasteiger partial charge in [0.1, 0.15) is 0 Å². The molecule has 2 heterocycles. The molecule has 5 rings (SSSR count). The normalized spacial score (nSPS) is 21.0. The van der Waals surface area contributed by atoms with Crippen molar-refractivity contribution in [1.29, 1.82) is 0 Å². The van der Waals surface area contributed by atoms with Gasteiger partial charge in [0, 0.05) is 27.2 Å². The van der Waals surface area contributed by atoms with Gasteiger partial charge < -0.3 is 9.62 Å². The molecule has 1 aliphatic heterocycles. The van der Waals surface area contributed by atoms with E-state index in [4.69, 9.17) is 4.98 Å². The standard InChI is InChI=1S/C17H16BrN3OS2/c18-11-1-4-13-10(7-11)8-21(15(13)22)17(5-6-17)14-9-23-16(19-14)20-24-12-2-3-12/h1,4,7,9,12H,2-3,5-6,8H2,(H,19,20). The molecule has 2 aromatic rings. The van der Waals surface area contributed by atoms with Crippen molar-refractivity contribution in [3.05, 3.63) is 44.9 Å². The second-order valence-electron chi connectivity index (χ2n) is 6.68. The van der Waals surface area contributed by atoms with Gasteiger partial charge in [-0.2, -0.15) is 0 Å². The zero-order valence-corrected chi connectivity index (χ0v) is 16.1. The molecule has 1 aromatic heterocycles. The van der Waals surface area contributed by atoms with E-state index < -0.39 is 0 Å². The highest BCUT2D eigenvalue weighted by molar-refractivity contribution is 9.10. The van der Waals surface area contributed by atoms with Gasteiger partial charge in [-0.1, -0.05) is 15.9 Å². The molecule has 0 unspecified atom stereocenters. The highest BCUT2D eigenvalue weighted by Crippen LogP contribution is 2.54. The molecule has 1 N–H and O–H groups in total. The van der Waals surface area contributed by atoms with E-state index in [0.717, 1.165) is 44.5 Å². The molecule has 0 bridgehead atoms. The van der Waals surface area contributed by atoms with E-state index >= 15 is 0 Å². The molecule has 2 fully saturated rings. The monoisotopic (exact) mass is 421 g/mol. The van der Waals surface area contributed by atoms with Crippen LogP contribution < -0.4 is 4.72 Å². The van der Waals surface area contributed by atoms with Crippen LogP contribution in [0.2, 0.25) is 0 Å². The lowest BCUT2D eigenvalue weighted by Crippen LogP contribution is -2.35. The van der Waals surface area contributed by atoms with E-state index in [-0.39, 0.29) is 11.4 Å². The van der Waals surface area contributed by atoms with Crippen LogP contribution in [0.4, 0.5) is 5.13 Å². The van der Waals surface area contributed by atoms with Crippen LogP contribution in [0.25, 0.3) is 0 Å². The fraction of sp³-hybridized carbons (Fsp3) is 0.412. The summed E-state index contributed by atoms with van der Waals surface area (Å²) >= 11 is 6.92. The van der Waals surface area contributed by atoms with Gasteiger partial charge >= 0.3 is 0 Å². The summed E-state index contributed by atoms with van der Waals surface area (Å²) in [4.78, 5) is 19.7. The van der Waals surface area contributed by atoms with Crippen LogP contribution in [0, 0.1) is 0 Å². The van der Waals surface area contributed by atoms with Gasteiger partial charge in [0.05, 0.1) is 11.2 Å². The van der Waals surface area contributed by atoms with E-state index in [1.54, 1.807) is 23.3 Å². The summed E-state index contributed by atoms with van der Waals surface area (Å²) in [5, 5.41) is 3.83. The van der Waals surface area contributed by atoms with Crippen LogP contribution in [-0.2, 0) is 12.1 Å². The maximum absolute atomic E-state index is 12.9. The highest BCUT2D eigenvalue weighted by atomic mass is 79.9. The number of anilines is 1. The van der Waals surface area contributed by atoms with Crippen molar-refractivity contribution < 1.29 is 4.79 Å². The summed E-state index contributed by atoms with van der Waals surface area (Å²) in [6, 6.07) is 5.93. The average molecular weight is 422 g/mol. The van der Waals surface area contributed by atoms with Crippen molar-refractivity contribution in [1.82, 2.24) is 9.88 Å². The van der Waals surface area contributed by atoms with Crippen molar-refractivity contribution in [2.45, 2.75) is 43.0 Å². The third-order valence-electron chi connectivity index (χ3n) is 4.93. The molecule has 24 heavy (non-hydrogen) atoms. The van der Waals surface area contributed by atoms with Crippen molar-refractivity contribution >= 4 is 50.3 Å². The van der Waals surface area contributed by atoms with E-state index in [1.807, 2.05) is 17.0 Å². The minimum absolute atomic E-state index is 0.143. The zero-order chi connectivity index (χ0) is 16.3. The molecule has 2 saturated carbocycles. The molecule has 0 radical (unpaired) electrons. The lowest BCUT2D eigenvalue weighted by molar-refractivity contribution is 0.0666. The summed E-state index contributed by atoms with van der Waals surface area (Å²) in [6.45, 7) is 0.685. The molecule has 7 heteroatoms. The van der Waals surface area contributed by atoms with E-state index in [0.29, 0.717) is 6.54 Å². The first-order valence-corrected chi connectivity index (χ1v) is 10.7. The molecule has 0 atom stereocenters. The summed E-state index contributed by atoms with van der Waals surface area (Å²) in [6.07, 6.45) is 4.62. The molecule has 3 aliphatic rings. The van der Waals surface area contributed by atoms with Gasteiger partial charge in [-0.05, 0) is 61.4 Å². The fourth-order valence-corrected chi connectivity index (χ4v) is 5.35. The molecule has 2 aliphatic carbocycles. The molecule has 1 aromatic carbocycles. The molecule has 4 nitrogen and oxygen atoms in total. The van der Waals surface area contributed by atoms with Gasteiger partial charge in [-0.3, -0.25) is 4.79 Å². The van der Waals surface area contributed by atoms with Crippen LogP contribution in [-0.4, -0.2) is 21.0 Å². The van der Waals surface area contributed by atoms with Gasteiger partial charge in [-0.25, -0.2) is 4.98 Å². The lowest BCUT2D eigenvalue weighted by Gasteiger charge is -2.26. The molecule has 0 spiro atoms. The summed E-state index contributed by atoms with van der Waals surface area (Å²) in [5.41, 5.74) is 2.80. The Labute approximate surface area is 157 Å². The molecule has 124 valence electrons. The number of nitrogens with one attached hydrogen (secondary N) is 1. The van der Waals surface area contributed by atoms with Crippen LogP contribution in [0.15, 0.2) is 28.1 Å². The molecule has 1 amide bonds. The van der Waals surface area contributed by atoms with Gasteiger partial charge in [0.2, 0.25) is 0 Å². The Bertz CT molecular complexity index is 829. The first-order chi connectivity index (χ1) is 11.7. The number of carbonyl (C=O) groups excluding carboxylic acids is 1. The van der Waals surface area contributed by atoms with Gasteiger partial charge in [0.15, 0.2) is 5.13 Å². The minimum Gasteiger partial charge on any atom is -0.323 e. The molecular formula is C17H16BrN3OS2. The number of thiazole rings is 1. The molecular weight excluding hydrogens is 406 g/mol. The number of fused-ring (bicyclic) bond motifs is 1. The third-order valence-corrected chi connectivity index (χ3v) is 7.43. The SMILES string of the molecule is O=C1c2ccc(Br)cc2CN1C1(c2csc(NSC3CC3)n2)CC1. The number of aromatic nitrogens is 1. The summed E-state index contributed by atoms with van der Waals surface area (Å²) in [5.74, 6) is 0.143. The van der Waals surface area contributed by atoms with Crippen LogP contribution >= 0.6 is 39.2 Å². The van der Waals surface area contributed by atoms with E-state index in [9.17, 15) is 4.79 Å². The van der Waals surface area contributed by atoms with Crippen molar-refractivity contribution in [3.8, 4) is 0 Å². The maximum Gasteiger partial charge on any atom is 0.255 e. The second kappa shape index (κ2) is 5.47. The topological polar surface area (TPSA) is 45.2 Å². The van der Waals surface area contributed by atoms with Crippen LogP contribution in [0.3, 0.4) is 0 Å². The maximum atomic E-state index is 12.9. The first-order valence-electron chi connectivity index (χ1n) is 8.14. The fourth-order valence-electron chi connectivity index (χ4n) is 3.27. The quantitative estimate of drug-likeness (QED) is 0.705. The number of hydrogen-bond donors (Lipinski definition) is 1. The summed E-state index contributed by atoms with van der Waals surface area (Å²) in [7, 11) is 0. The Morgan fingerprint density at radius 1 is 1.38 bits per heavy atom. The second-order valence-corrected chi connectivity index (χ2v) is 9.56. The van der Waals surface area contributed by atoms with E-state index in [2.05, 4.69) is 32.1 Å². The highest BCUT2D eigenvalue weighted by Gasteiger charge is 2.55. The Hall–Kier alpha value is -1.05. The van der Waals surface area contributed by atoms with Crippen LogP contribution in [0.1, 0.15) is 47.3 Å². The predicted molar refractivity (Wildman–Crippen MR) is 101 cm³/mol. The zero-order valence-electron chi connectivity index (χ0n) is 12.9. The van der Waals surface area contributed by atoms with Crippen LogP contribution in [0.5, 0.6) is 0 Å². The Balaban J connectivity index is 1.39. The number of halogens is 1. The number of rotatable bonds is 5. The largest absolute Gasteiger partial charge is 0.323 e. The average Bonchev–Trinajstić information content (AvgIpc) is 3.49. The first kappa shape index (κ1) is 15.2. The number of carbonyl (C=O) groups is 1. The Morgan fingerprint density at radius 2 is 2.21 bits per heavy atom. The van der Waals surface area contributed by atoms with Crippen molar-refractivity contribution in [2.24, 2.45) is 0 Å². The smallest absolute Gasteiger partial charge is 0.255 e. The van der Waals surface area contributed by atoms with Gasteiger partial charge in [-0.15, -0.1) is 11.3 Å². The lowest BCUT2D eigenvalue weighted by atomic mass is 10.1. The number of hydrogen-bond acceptors (Lipinski definition) is 5. The predicted octanol–water partition coefficient (Wildman–Crippen LogP) is 4.77. The van der Waals surface area contributed by atoms with E-state index in [1.165, 1.54) is 12.8 Å². The Morgan fingerprint density at radius 3 is 2.96 bits per heavy atom. The Kier molecular flexibility index (Phi) is 3.47. The minimum atomic E-state index is -0.191. The summed E-state index contributed by atoms with van der Waals surface area (Å²) < 4.78 is 4.39. The number of nitrogens with zero attached hydrogens (tertiary/aromatic N) is 2. The third kappa shape index (κ3) is 2.48.